The first-order chi connectivity index (χ1) is 12.2. The summed E-state index contributed by atoms with van der Waals surface area (Å²) in [6, 6.07) is 10.8. The minimum absolute atomic E-state index is 0.309. The molecule has 25 heavy (non-hydrogen) atoms. The van der Waals surface area contributed by atoms with Crippen LogP contribution in [0.2, 0.25) is 0 Å². The third-order valence-corrected chi connectivity index (χ3v) is 4.65. The van der Waals surface area contributed by atoms with Gasteiger partial charge in [-0.25, -0.2) is 0 Å². The second-order valence-corrected chi connectivity index (χ2v) is 6.46. The van der Waals surface area contributed by atoms with Gasteiger partial charge in [0.25, 0.3) is 0 Å². The maximum Gasteiger partial charge on any atom is 0.222 e. The van der Waals surface area contributed by atoms with Crippen molar-refractivity contribution in [1.29, 1.82) is 0 Å². The van der Waals surface area contributed by atoms with E-state index in [0.29, 0.717) is 18.4 Å². The van der Waals surface area contributed by atoms with Crippen molar-refractivity contribution in [3.05, 3.63) is 35.9 Å². The molecular formula is C20H32N4O. The monoisotopic (exact) mass is 344 g/mol. The number of aliphatic imine (C=N–C) groups is 1. The fourth-order valence-corrected chi connectivity index (χ4v) is 3.27. The summed E-state index contributed by atoms with van der Waals surface area (Å²) in [6.07, 6.45) is 4.62. The predicted octanol–water partition coefficient (Wildman–Crippen LogP) is 2.58. The number of likely N-dealkylation sites (tertiary alicyclic amines) is 1. The third kappa shape index (κ3) is 6.40. The van der Waals surface area contributed by atoms with Crippen LogP contribution in [0.3, 0.4) is 0 Å². The molecule has 0 bridgehead atoms. The quantitative estimate of drug-likeness (QED) is 0.535. The van der Waals surface area contributed by atoms with Gasteiger partial charge in [-0.15, -0.1) is 0 Å². The highest BCUT2D eigenvalue weighted by atomic mass is 16.2. The van der Waals surface area contributed by atoms with Gasteiger partial charge in [-0.3, -0.25) is 9.79 Å². The number of amides is 1. The summed E-state index contributed by atoms with van der Waals surface area (Å²) in [4.78, 5) is 18.6. The molecule has 0 radical (unpaired) electrons. The van der Waals surface area contributed by atoms with Crippen LogP contribution < -0.4 is 10.6 Å². The zero-order valence-electron chi connectivity index (χ0n) is 15.6. The summed E-state index contributed by atoms with van der Waals surface area (Å²) >= 11 is 0. The Hall–Kier alpha value is -2.04. The lowest BCUT2D eigenvalue weighted by molar-refractivity contribution is -0.129. The van der Waals surface area contributed by atoms with Crippen LogP contribution in [0.25, 0.3) is 0 Å². The highest BCUT2D eigenvalue weighted by Gasteiger charge is 2.26. The Morgan fingerprint density at radius 1 is 1.24 bits per heavy atom. The maximum absolute atomic E-state index is 11.9. The Morgan fingerprint density at radius 3 is 2.68 bits per heavy atom. The Kier molecular flexibility index (Phi) is 8.29. The van der Waals surface area contributed by atoms with Gasteiger partial charge in [0.05, 0.1) is 0 Å². The number of benzene rings is 1. The Balaban J connectivity index is 1.78. The second kappa shape index (κ2) is 10.7. The maximum atomic E-state index is 11.9. The van der Waals surface area contributed by atoms with Crippen LogP contribution in [-0.4, -0.2) is 49.0 Å². The lowest BCUT2D eigenvalue weighted by Crippen LogP contribution is -2.39. The highest BCUT2D eigenvalue weighted by molar-refractivity contribution is 5.80. The summed E-state index contributed by atoms with van der Waals surface area (Å²) in [5.74, 6) is 1.17. The van der Waals surface area contributed by atoms with E-state index in [9.17, 15) is 4.79 Å². The van der Waals surface area contributed by atoms with Crippen LogP contribution >= 0.6 is 0 Å². The van der Waals surface area contributed by atoms with E-state index in [4.69, 9.17) is 0 Å². The fourth-order valence-electron chi connectivity index (χ4n) is 3.27. The number of carbonyl (C=O) groups is 1. The van der Waals surface area contributed by atoms with Gasteiger partial charge in [0.2, 0.25) is 5.91 Å². The van der Waals surface area contributed by atoms with Gasteiger partial charge < -0.3 is 15.5 Å². The number of rotatable bonds is 9. The molecule has 1 heterocycles. The van der Waals surface area contributed by atoms with Gasteiger partial charge in [0.1, 0.15) is 0 Å². The molecule has 1 fully saturated rings. The number of guanidine groups is 1. The molecule has 1 unspecified atom stereocenters. The van der Waals surface area contributed by atoms with E-state index in [1.807, 2.05) is 11.0 Å². The van der Waals surface area contributed by atoms with Crippen LogP contribution in [0.1, 0.15) is 45.1 Å². The largest absolute Gasteiger partial charge is 0.357 e. The molecule has 1 amide bonds. The molecule has 1 saturated heterocycles. The van der Waals surface area contributed by atoms with Crippen LogP contribution in [0.5, 0.6) is 0 Å². The summed E-state index contributed by atoms with van der Waals surface area (Å²) in [5.41, 5.74) is 1.32. The molecular weight excluding hydrogens is 312 g/mol. The molecule has 2 rings (SSSR count). The first kappa shape index (κ1) is 19.3. The number of hydrogen-bond donors (Lipinski definition) is 2. The Morgan fingerprint density at radius 2 is 2.04 bits per heavy atom. The van der Waals surface area contributed by atoms with Gasteiger partial charge in [-0.05, 0) is 38.2 Å². The van der Waals surface area contributed by atoms with Crippen LogP contribution in [0.15, 0.2) is 35.3 Å². The lowest BCUT2D eigenvalue weighted by atomic mass is 10.1. The number of hydrogen-bond acceptors (Lipinski definition) is 2. The molecule has 5 heteroatoms. The zero-order chi connectivity index (χ0) is 17.9. The van der Waals surface area contributed by atoms with Crippen molar-refractivity contribution in [2.75, 3.05) is 26.2 Å². The first-order valence-corrected chi connectivity index (χ1v) is 9.60. The van der Waals surface area contributed by atoms with Gasteiger partial charge in [-0.2, -0.15) is 0 Å². The van der Waals surface area contributed by atoms with E-state index in [1.54, 1.807) is 0 Å². The Labute approximate surface area is 151 Å². The number of carbonyl (C=O) groups excluding carboxylic acids is 1. The topological polar surface area (TPSA) is 56.7 Å². The molecule has 1 aliphatic rings. The lowest BCUT2D eigenvalue weighted by Gasteiger charge is -2.26. The average molecular weight is 345 g/mol. The Bertz CT molecular complexity index is 544. The molecule has 0 spiro atoms. The van der Waals surface area contributed by atoms with E-state index >= 15 is 0 Å². The average Bonchev–Trinajstić information content (AvgIpc) is 3.05. The smallest absolute Gasteiger partial charge is 0.222 e. The van der Waals surface area contributed by atoms with Crippen molar-refractivity contribution in [2.45, 2.75) is 52.0 Å². The normalized spacial score (nSPS) is 16.2. The van der Waals surface area contributed by atoms with Crippen molar-refractivity contribution in [1.82, 2.24) is 15.5 Å². The highest BCUT2D eigenvalue weighted by Crippen LogP contribution is 2.18. The van der Waals surface area contributed by atoms with Crippen molar-refractivity contribution < 1.29 is 4.79 Å². The van der Waals surface area contributed by atoms with E-state index in [1.165, 1.54) is 5.56 Å². The third-order valence-electron chi connectivity index (χ3n) is 4.65. The van der Waals surface area contributed by atoms with E-state index < -0.39 is 0 Å². The van der Waals surface area contributed by atoms with Crippen LogP contribution in [-0.2, 0) is 11.2 Å². The van der Waals surface area contributed by atoms with Crippen molar-refractivity contribution in [3.8, 4) is 0 Å². The molecule has 1 atom stereocenters. The molecule has 1 aromatic carbocycles. The molecule has 2 N–H and O–H groups in total. The van der Waals surface area contributed by atoms with E-state index in [-0.39, 0.29) is 0 Å². The van der Waals surface area contributed by atoms with Crippen LogP contribution in [0.4, 0.5) is 0 Å². The van der Waals surface area contributed by atoms with Crippen molar-refractivity contribution in [3.63, 3.8) is 0 Å². The second-order valence-electron chi connectivity index (χ2n) is 6.46. The van der Waals surface area contributed by atoms with E-state index in [0.717, 1.165) is 57.8 Å². The molecule has 0 saturated carbocycles. The molecule has 0 aliphatic carbocycles. The first-order valence-electron chi connectivity index (χ1n) is 9.60. The standard InChI is InChI=1S/C20H32N4O/c1-3-18(24-16-8-11-19(24)25)13-15-23-20(21-4-2)22-14-12-17-9-6-5-7-10-17/h5-7,9-10,18H,3-4,8,11-16H2,1-2H3,(H2,21,22,23). The summed E-state index contributed by atoms with van der Waals surface area (Å²) in [7, 11) is 0. The summed E-state index contributed by atoms with van der Waals surface area (Å²) in [5, 5.41) is 6.69. The molecule has 138 valence electrons. The van der Waals surface area contributed by atoms with Crippen LogP contribution in [0, 0.1) is 0 Å². The van der Waals surface area contributed by atoms with Gasteiger partial charge >= 0.3 is 0 Å². The predicted molar refractivity (Wildman–Crippen MR) is 104 cm³/mol. The SMILES string of the molecule is CCNC(=NCCC(CC)N1CCCC1=O)NCCc1ccccc1. The minimum atomic E-state index is 0.309. The molecule has 5 nitrogen and oxygen atoms in total. The minimum Gasteiger partial charge on any atom is -0.357 e. The van der Waals surface area contributed by atoms with E-state index in [2.05, 4.69) is 53.7 Å². The molecule has 1 aromatic rings. The number of nitrogens with zero attached hydrogens (tertiary/aromatic N) is 2. The van der Waals surface area contributed by atoms with Gasteiger partial charge in [0, 0.05) is 38.6 Å². The molecule has 1 aliphatic heterocycles. The van der Waals surface area contributed by atoms with Crippen molar-refractivity contribution in [2.24, 2.45) is 4.99 Å². The molecule has 0 aromatic heterocycles. The van der Waals surface area contributed by atoms with Gasteiger partial charge in [0.15, 0.2) is 5.96 Å². The zero-order valence-corrected chi connectivity index (χ0v) is 15.6. The van der Waals surface area contributed by atoms with Gasteiger partial charge in [-0.1, -0.05) is 37.3 Å². The summed E-state index contributed by atoms with van der Waals surface area (Å²) in [6.45, 7) is 7.59. The fraction of sp³-hybridized carbons (Fsp3) is 0.600. The summed E-state index contributed by atoms with van der Waals surface area (Å²) < 4.78 is 0. The number of nitrogens with one attached hydrogen (secondary N) is 2. The van der Waals surface area contributed by atoms with Crippen molar-refractivity contribution >= 4 is 11.9 Å².